The molecule has 5 nitrogen and oxygen atoms in total. The lowest BCUT2D eigenvalue weighted by molar-refractivity contribution is 0.313. The van der Waals surface area contributed by atoms with Crippen molar-refractivity contribution in [1.29, 1.82) is 0 Å². The van der Waals surface area contributed by atoms with Crippen molar-refractivity contribution in [1.82, 2.24) is 19.7 Å². The zero-order chi connectivity index (χ0) is 13.0. The summed E-state index contributed by atoms with van der Waals surface area (Å²) < 4.78 is 7.99. The van der Waals surface area contributed by atoms with Gasteiger partial charge in [-0.1, -0.05) is 0 Å². The van der Waals surface area contributed by atoms with E-state index in [0.717, 1.165) is 10.2 Å². The lowest BCUT2D eigenvalue weighted by atomic mass is 10.5. The molecule has 2 aromatic rings. The van der Waals surface area contributed by atoms with E-state index in [9.17, 15) is 0 Å². The van der Waals surface area contributed by atoms with Crippen molar-refractivity contribution in [2.75, 3.05) is 6.61 Å². The molecule has 0 aliphatic carbocycles. The largest absolute Gasteiger partial charge is 0.477 e. The number of halogens is 1. The highest BCUT2D eigenvalue weighted by atomic mass is 79.9. The third kappa shape index (κ3) is 2.87. The molecule has 0 aromatic carbocycles. The van der Waals surface area contributed by atoms with E-state index in [0.29, 0.717) is 24.7 Å². The Kier molecular flexibility index (Phi) is 3.95. The van der Waals surface area contributed by atoms with Crippen molar-refractivity contribution in [2.45, 2.75) is 13.3 Å². The van der Waals surface area contributed by atoms with Gasteiger partial charge in [-0.3, -0.25) is 0 Å². The second-order valence-electron chi connectivity index (χ2n) is 3.52. The number of aromatic nitrogens is 4. The van der Waals surface area contributed by atoms with Crippen LogP contribution in [0.15, 0.2) is 23.1 Å². The normalized spacial score (nSPS) is 10.1. The van der Waals surface area contributed by atoms with Crippen molar-refractivity contribution in [3.8, 4) is 24.0 Å². The summed E-state index contributed by atoms with van der Waals surface area (Å²) in [4.78, 5) is 8.15. The van der Waals surface area contributed by atoms with Crippen LogP contribution in [0.4, 0.5) is 0 Å². The third-order valence-electron chi connectivity index (χ3n) is 2.20. The summed E-state index contributed by atoms with van der Waals surface area (Å²) in [6, 6.07) is 1.72. The second-order valence-corrected chi connectivity index (χ2v) is 4.38. The molecule has 0 bridgehead atoms. The van der Waals surface area contributed by atoms with Gasteiger partial charge >= 0.3 is 0 Å². The van der Waals surface area contributed by atoms with Crippen molar-refractivity contribution in [2.24, 2.45) is 0 Å². The molecule has 0 aliphatic heterocycles. The number of nitrogens with zero attached hydrogens (tertiary/aromatic N) is 4. The number of rotatable bonds is 4. The van der Waals surface area contributed by atoms with Crippen LogP contribution in [0.25, 0.3) is 5.82 Å². The van der Waals surface area contributed by atoms with E-state index in [1.54, 1.807) is 10.7 Å². The average molecular weight is 307 g/mol. The Bertz CT molecular complexity index is 569. The second kappa shape index (κ2) is 5.65. The van der Waals surface area contributed by atoms with Crippen LogP contribution in [-0.2, 0) is 0 Å². The summed E-state index contributed by atoms with van der Waals surface area (Å²) in [5, 5.41) is 4.31. The first kappa shape index (κ1) is 12.6. The minimum Gasteiger partial charge on any atom is -0.477 e. The van der Waals surface area contributed by atoms with E-state index >= 15 is 0 Å². The molecule has 0 N–H and O–H groups in total. The molecular weight excluding hydrogens is 296 g/mol. The predicted octanol–water partition coefficient (Wildman–Crippen LogP) is 2.14. The molecule has 6 heteroatoms. The topological polar surface area (TPSA) is 52.8 Å². The zero-order valence-electron chi connectivity index (χ0n) is 9.80. The Morgan fingerprint density at radius 3 is 3.00 bits per heavy atom. The molecule has 0 spiro atoms. The Morgan fingerprint density at radius 2 is 2.33 bits per heavy atom. The Balaban J connectivity index is 2.19. The highest BCUT2D eigenvalue weighted by Gasteiger charge is 2.06. The minimum absolute atomic E-state index is 0.439. The van der Waals surface area contributed by atoms with E-state index in [4.69, 9.17) is 11.2 Å². The van der Waals surface area contributed by atoms with E-state index in [1.807, 2.05) is 13.1 Å². The quantitative estimate of drug-likeness (QED) is 0.641. The van der Waals surface area contributed by atoms with E-state index in [2.05, 4.69) is 36.9 Å². The minimum atomic E-state index is 0.439. The van der Waals surface area contributed by atoms with Gasteiger partial charge < -0.3 is 4.74 Å². The molecule has 0 fully saturated rings. The molecule has 0 aliphatic rings. The monoisotopic (exact) mass is 306 g/mol. The fourth-order valence-electron chi connectivity index (χ4n) is 1.31. The molecule has 0 unspecified atom stereocenters. The molecule has 0 radical (unpaired) electrons. The number of aryl methyl sites for hydroxylation is 1. The van der Waals surface area contributed by atoms with Crippen LogP contribution in [0, 0.1) is 19.3 Å². The van der Waals surface area contributed by atoms with Crippen LogP contribution in [0.1, 0.15) is 12.1 Å². The van der Waals surface area contributed by atoms with Crippen LogP contribution >= 0.6 is 15.9 Å². The first-order chi connectivity index (χ1) is 8.70. The summed E-state index contributed by atoms with van der Waals surface area (Å²) in [7, 11) is 0. The lowest BCUT2D eigenvalue weighted by Crippen LogP contribution is -2.02. The van der Waals surface area contributed by atoms with Crippen molar-refractivity contribution in [3.63, 3.8) is 0 Å². The van der Waals surface area contributed by atoms with Gasteiger partial charge in [0.05, 0.1) is 10.2 Å². The maximum Gasteiger partial charge on any atom is 0.218 e. The standard InChI is InChI=1S/C12H11BrN4O/c1-3-4-5-18-12-6-11(14-8-15-12)17-7-10(13)9(2)16-17/h1,6-8H,4-5H2,2H3. The van der Waals surface area contributed by atoms with E-state index in [-0.39, 0.29) is 0 Å². The highest BCUT2D eigenvalue weighted by molar-refractivity contribution is 9.10. The van der Waals surface area contributed by atoms with Gasteiger partial charge in [-0.25, -0.2) is 14.6 Å². The Morgan fingerprint density at radius 1 is 1.50 bits per heavy atom. The maximum absolute atomic E-state index is 5.40. The Hall–Kier alpha value is -1.87. The van der Waals surface area contributed by atoms with Gasteiger partial charge in [0.25, 0.3) is 0 Å². The van der Waals surface area contributed by atoms with E-state index < -0.39 is 0 Å². The molecule has 0 saturated heterocycles. The molecule has 0 saturated carbocycles. The molecule has 0 amide bonds. The van der Waals surface area contributed by atoms with Gasteiger partial charge in [0.15, 0.2) is 5.82 Å². The third-order valence-corrected chi connectivity index (χ3v) is 2.98. The Labute approximate surface area is 113 Å². The molecule has 18 heavy (non-hydrogen) atoms. The van der Waals surface area contributed by atoms with Crippen LogP contribution in [0.2, 0.25) is 0 Å². The van der Waals surface area contributed by atoms with Crippen LogP contribution in [0.3, 0.4) is 0 Å². The predicted molar refractivity (Wildman–Crippen MR) is 70.5 cm³/mol. The lowest BCUT2D eigenvalue weighted by Gasteiger charge is -2.04. The fraction of sp³-hybridized carbons (Fsp3) is 0.250. The van der Waals surface area contributed by atoms with E-state index in [1.165, 1.54) is 6.33 Å². The van der Waals surface area contributed by atoms with Gasteiger partial charge in [-0.15, -0.1) is 12.3 Å². The van der Waals surface area contributed by atoms with Gasteiger partial charge in [0.1, 0.15) is 12.9 Å². The first-order valence-corrected chi connectivity index (χ1v) is 6.10. The fourth-order valence-corrected chi connectivity index (χ4v) is 1.58. The molecule has 0 atom stereocenters. The first-order valence-electron chi connectivity index (χ1n) is 5.31. The summed E-state index contributed by atoms with van der Waals surface area (Å²) in [5.41, 5.74) is 0.892. The smallest absolute Gasteiger partial charge is 0.218 e. The summed E-state index contributed by atoms with van der Waals surface area (Å²) in [6.07, 6.45) is 8.97. The van der Waals surface area contributed by atoms with Gasteiger partial charge in [-0.05, 0) is 22.9 Å². The molecule has 2 heterocycles. The zero-order valence-corrected chi connectivity index (χ0v) is 11.4. The van der Waals surface area contributed by atoms with Crippen LogP contribution in [0.5, 0.6) is 5.88 Å². The number of ether oxygens (including phenoxy) is 1. The summed E-state index contributed by atoms with van der Waals surface area (Å²) in [6.45, 7) is 2.35. The van der Waals surface area contributed by atoms with Gasteiger partial charge in [0.2, 0.25) is 5.88 Å². The number of hydrogen-bond donors (Lipinski definition) is 0. The summed E-state index contributed by atoms with van der Waals surface area (Å²) >= 11 is 3.40. The molecule has 92 valence electrons. The van der Waals surface area contributed by atoms with Crippen molar-refractivity contribution in [3.05, 3.63) is 28.8 Å². The summed E-state index contributed by atoms with van der Waals surface area (Å²) in [5.74, 6) is 3.64. The average Bonchev–Trinajstić information content (AvgIpc) is 2.71. The SMILES string of the molecule is C#CCCOc1cc(-n2cc(Br)c(C)n2)ncn1. The van der Waals surface area contributed by atoms with Gasteiger partial charge in [-0.2, -0.15) is 5.10 Å². The maximum atomic E-state index is 5.40. The van der Waals surface area contributed by atoms with Crippen LogP contribution in [-0.4, -0.2) is 26.4 Å². The van der Waals surface area contributed by atoms with Crippen molar-refractivity contribution >= 4 is 15.9 Å². The highest BCUT2D eigenvalue weighted by Crippen LogP contribution is 2.17. The molecule has 2 rings (SSSR count). The van der Waals surface area contributed by atoms with Crippen molar-refractivity contribution < 1.29 is 4.74 Å². The van der Waals surface area contributed by atoms with Gasteiger partial charge in [0, 0.05) is 18.7 Å². The van der Waals surface area contributed by atoms with Crippen LogP contribution < -0.4 is 4.74 Å². The molecule has 2 aromatic heterocycles. The number of terminal acetylenes is 1. The number of hydrogen-bond acceptors (Lipinski definition) is 4. The molecular formula is C12H11BrN4O.